The van der Waals surface area contributed by atoms with E-state index in [9.17, 15) is 12.8 Å². The lowest BCUT2D eigenvalue weighted by molar-refractivity contribution is 0.446. The van der Waals surface area contributed by atoms with E-state index >= 15 is 0 Å². The molecule has 4 nitrogen and oxygen atoms in total. The summed E-state index contributed by atoms with van der Waals surface area (Å²) in [6, 6.07) is 4.23. The predicted molar refractivity (Wildman–Crippen MR) is 71.9 cm³/mol. The fraction of sp³-hybridized carbons (Fsp3) is 0.538. The van der Waals surface area contributed by atoms with Gasteiger partial charge in [0, 0.05) is 13.1 Å². The van der Waals surface area contributed by atoms with Gasteiger partial charge in [0.1, 0.15) is 10.7 Å². The van der Waals surface area contributed by atoms with Gasteiger partial charge in [-0.05, 0) is 50.6 Å². The number of aryl methyl sites for hydroxylation is 1. The smallest absolute Gasteiger partial charge is 0.245 e. The van der Waals surface area contributed by atoms with Gasteiger partial charge in [-0.3, -0.25) is 0 Å². The third-order valence-corrected chi connectivity index (χ3v) is 5.34. The Morgan fingerprint density at radius 3 is 2.84 bits per heavy atom. The topological polar surface area (TPSA) is 49.4 Å². The number of hydrogen-bond acceptors (Lipinski definition) is 3. The average Bonchev–Trinajstić information content (AvgIpc) is 2.78. The van der Waals surface area contributed by atoms with Crippen LogP contribution in [0.3, 0.4) is 0 Å². The van der Waals surface area contributed by atoms with Crippen molar-refractivity contribution < 1.29 is 12.8 Å². The third-order valence-electron chi connectivity index (χ3n) is 3.45. The Morgan fingerprint density at radius 2 is 2.21 bits per heavy atom. The average molecular weight is 286 g/mol. The molecule has 0 radical (unpaired) electrons. The van der Waals surface area contributed by atoms with Gasteiger partial charge in [0.25, 0.3) is 0 Å². The quantitative estimate of drug-likeness (QED) is 0.909. The Kier molecular flexibility index (Phi) is 4.23. The van der Waals surface area contributed by atoms with E-state index in [1.807, 2.05) is 7.05 Å². The highest BCUT2D eigenvalue weighted by molar-refractivity contribution is 7.89. The molecule has 1 saturated heterocycles. The summed E-state index contributed by atoms with van der Waals surface area (Å²) in [5.41, 5.74) is 0.714. The van der Waals surface area contributed by atoms with Crippen LogP contribution in [0.2, 0.25) is 0 Å². The molecule has 0 amide bonds. The van der Waals surface area contributed by atoms with Crippen LogP contribution in [0.15, 0.2) is 23.1 Å². The highest BCUT2D eigenvalue weighted by Crippen LogP contribution is 2.26. The molecule has 19 heavy (non-hydrogen) atoms. The van der Waals surface area contributed by atoms with Crippen molar-refractivity contribution in [1.82, 2.24) is 9.62 Å². The zero-order valence-electron chi connectivity index (χ0n) is 11.2. The molecule has 1 aromatic carbocycles. The minimum Gasteiger partial charge on any atom is -0.319 e. The van der Waals surface area contributed by atoms with Gasteiger partial charge >= 0.3 is 0 Å². The van der Waals surface area contributed by atoms with Crippen LogP contribution >= 0.6 is 0 Å². The minimum absolute atomic E-state index is 0.219. The van der Waals surface area contributed by atoms with Crippen molar-refractivity contribution in [2.24, 2.45) is 5.92 Å². The molecule has 0 spiro atoms. The fourth-order valence-electron chi connectivity index (χ4n) is 2.42. The summed E-state index contributed by atoms with van der Waals surface area (Å²) in [7, 11) is -1.86. The molecule has 1 aliphatic rings. The molecular formula is C13H19FN2O2S. The van der Waals surface area contributed by atoms with Crippen LogP contribution in [0.25, 0.3) is 0 Å². The summed E-state index contributed by atoms with van der Waals surface area (Å²) < 4.78 is 40.0. The second-order valence-corrected chi connectivity index (χ2v) is 6.92. The molecule has 1 N–H and O–H groups in total. The standard InChI is InChI=1S/C13H19FN2O2S/c1-10-3-4-13(12(14)7-10)19(17,18)16-6-5-11(9-16)8-15-2/h3-4,7,11,15H,5-6,8-9H2,1-2H3. The van der Waals surface area contributed by atoms with Gasteiger partial charge in [0.2, 0.25) is 10.0 Å². The highest BCUT2D eigenvalue weighted by Gasteiger charge is 2.33. The lowest BCUT2D eigenvalue weighted by Crippen LogP contribution is -2.31. The summed E-state index contributed by atoms with van der Waals surface area (Å²) in [5, 5.41) is 3.04. The van der Waals surface area contributed by atoms with Crippen molar-refractivity contribution in [3.63, 3.8) is 0 Å². The zero-order valence-corrected chi connectivity index (χ0v) is 12.0. The van der Waals surface area contributed by atoms with Crippen molar-refractivity contribution in [2.75, 3.05) is 26.7 Å². The first-order chi connectivity index (χ1) is 8.95. The van der Waals surface area contributed by atoms with E-state index in [1.165, 1.54) is 16.4 Å². The molecule has 106 valence electrons. The maximum atomic E-state index is 13.8. The van der Waals surface area contributed by atoms with Crippen LogP contribution < -0.4 is 5.32 Å². The van der Waals surface area contributed by atoms with E-state index in [1.54, 1.807) is 13.0 Å². The molecule has 6 heteroatoms. The number of benzene rings is 1. The zero-order chi connectivity index (χ0) is 14.0. The predicted octanol–water partition coefficient (Wildman–Crippen LogP) is 1.36. The largest absolute Gasteiger partial charge is 0.319 e. The van der Waals surface area contributed by atoms with E-state index in [0.717, 1.165) is 13.0 Å². The summed E-state index contributed by atoms with van der Waals surface area (Å²) in [5.74, 6) is -0.370. The molecule has 1 aromatic rings. The molecular weight excluding hydrogens is 267 g/mol. The van der Waals surface area contributed by atoms with Gasteiger partial charge in [-0.2, -0.15) is 4.31 Å². The Hall–Kier alpha value is -0.980. The number of hydrogen-bond donors (Lipinski definition) is 1. The van der Waals surface area contributed by atoms with Gasteiger partial charge < -0.3 is 5.32 Å². The first-order valence-corrected chi connectivity index (χ1v) is 7.80. The second-order valence-electron chi connectivity index (χ2n) is 5.01. The second kappa shape index (κ2) is 5.56. The van der Waals surface area contributed by atoms with Crippen molar-refractivity contribution in [3.8, 4) is 0 Å². The van der Waals surface area contributed by atoms with E-state index in [4.69, 9.17) is 0 Å². The van der Waals surface area contributed by atoms with Crippen molar-refractivity contribution >= 4 is 10.0 Å². The SMILES string of the molecule is CNCC1CCN(S(=O)(=O)c2ccc(C)cc2F)C1. The first kappa shape index (κ1) is 14.4. The molecule has 1 heterocycles. The van der Waals surface area contributed by atoms with Crippen LogP contribution in [0.1, 0.15) is 12.0 Å². The Morgan fingerprint density at radius 1 is 1.47 bits per heavy atom. The van der Waals surface area contributed by atoms with Crippen LogP contribution in [0, 0.1) is 18.7 Å². The molecule has 2 rings (SSSR count). The van der Waals surface area contributed by atoms with Gasteiger partial charge in [0.05, 0.1) is 0 Å². The number of nitrogens with zero attached hydrogens (tertiary/aromatic N) is 1. The molecule has 0 aromatic heterocycles. The van der Waals surface area contributed by atoms with Crippen LogP contribution in [0.4, 0.5) is 4.39 Å². The number of nitrogens with one attached hydrogen (secondary N) is 1. The molecule has 0 saturated carbocycles. The maximum absolute atomic E-state index is 13.8. The first-order valence-electron chi connectivity index (χ1n) is 6.36. The number of halogens is 1. The van der Waals surface area contributed by atoms with Crippen LogP contribution in [-0.2, 0) is 10.0 Å². The molecule has 0 aliphatic carbocycles. The Bertz CT molecular complexity index is 560. The lowest BCUT2D eigenvalue weighted by Gasteiger charge is -2.17. The van der Waals surface area contributed by atoms with Gasteiger partial charge in [0.15, 0.2) is 0 Å². The summed E-state index contributed by atoms with van der Waals surface area (Å²) >= 11 is 0. The van der Waals surface area contributed by atoms with Gasteiger partial charge in [-0.25, -0.2) is 12.8 Å². The van der Waals surface area contributed by atoms with Crippen molar-refractivity contribution in [2.45, 2.75) is 18.2 Å². The normalized spacial score (nSPS) is 20.9. The lowest BCUT2D eigenvalue weighted by atomic mass is 10.1. The van der Waals surface area contributed by atoms with Crippen molar-refractivity contribution in [3.05, 3.63) is 29.6 Å². The highest BCUT2D eigenvalue weighted by atomic mass is 32.2. The maximum Gasteiger partial charge on any atom is 0.245 e. The minimum atomic E-state index is -3.71. The van der Waals surface area contributed by atoms with E-state index in [2.05, 4.69) is 5.32 Å². The molecule has 1 atom stereocenters. The van der Waals surface area contributed by atoms with Gasteiger partial charge in [-0.15, -0.1) is 0 Å². The molecule has 0 bridgehead atoms. The third kappa shape index (κ3) is 2.96. The van der Waals surface area contributed by atoms with E-state index < -0.39 is 15.8 Å². The Balaban J connectivity index is 2.23. The van der Waals surface area contributed by atoms with Gasteiger partial charge in [-0.1, -0.05) is 6.07 Å². The van der Waals surface area contributed by atoms with Crippen molar-refractivity contribution in [1.29, 1.82) is 0 Å². The summed E-state index contributed by atoms with van der Waals surface area (Å²) in [4.78, 5) is -0.219. The number of rotatable bonds is 4. The fourth-order valence-corrected chi connectivity index (χ4v) is 4.00. The van der Waals surface area contributed by atoms with E-state index in [0.29, 0.717) is 24.6 Å². The Labute approximate surface area is 113 Å². The summed E-state index contributed by atoms with van der Waals surface area (Å²) in [6.45, 7) is 3.43. The molecule has 1 aliphatic heterocycles. The van der Waals surface area contributed by atoms with Crippen LogP contribution in [-0.4, -0.2) is 39.4 Å². The molecule has 1 unspecified atom stereocenters. The number of sulfonamides is 1. The summed E-state index contributed by atoms with van der Waals surface area (Å²) in [6.07, 6.45) is 0.813. The monoisotopic (exact) mass is 286 g/mol. The van der Waals surface area contributed by atoms with E-state index in [-0.39, 0.29) is 4.90 Å². The molecule has 1 fully saturated rings. The van der Waals surface area contributed by atoms with Crippen LogP contribution in [0.5, 0.6) is 0 Å².